The van der Waals surface area contributed by atoms with Gasteiger partial charge in [0.2, 0.25) is 0 Å². The van der Waals surface area contributed by atoms with Gasteiger partial charge in [-0.1, -0.05) is 17.7 Å². The van der Waals surface area contributed by atoms with Gasteiger partial charge in [0.15, 0.2) is 17.0 Å². The van der Waals surface area contributed by atoms with E-state index in [1.165, 1.54) is 0 Å². The van der Waals surface area contributed by atoms with Crippen LogP contribution in [0.4, 0.5) is 5.82 Å². The predicted octanol–water partition coefficient (Wildman–Crippen LogP) is 5.38. The summed E-state index contributed by atoms with van der Waals surface area (Å²) in [7, 11) is 6.59. The van der Waals surface area contributed by atoms with Crippen LogP contribution in [0.1, 0.15) is 42.9 Å². The Morgan fingerprint density at radius 3 is 2.12 bits per heavy atom. The Bertz CT molecular complexity index is 1410. The quantitative estimate of drug-likeness (QED) is 0.231. The normalized spacial score (nSPS) is 16.9. The largest absolute Gasteiger partial charge is 0.497 e. The van der Waals surface area contributed by atoms with E-state index in [1.807, 2.05) is 41.1 Å². The molecule has 1 aliphatic rings. The molecule has 0 spiro atoms. The SMILES string of the molecule is C=CC1CCCC(n2nnc3c(N(Cc4ccc(OC)cc4OC)Cc4ccc(OC)cc4OC)ncnc32)C1. The number of allylic oxidation sites excluding steroid dienone is 1. The van der Waals surface area contributed by atoms with E-state index in [-0.39, 0.29) is 6.04 Å². The first-order valence-corrected chi connectivity index (χ1v) is 13.4. The molecule has 210 valence electrons. The second kappa shape index (κ2) is 12.2. The molecule has 4 aromatic rings. The van der Waals surface area contributed by atoms with Crippen molar-refractivity contribution in [3.05, 3.63) is 66.5 Å². The molecule has 0 N–H and O–H groups in total. The third kappa shape index (κ3) is 5.52. The van der Waals surface area contributed by atoms with Crippen molar-refractivity contribution in [3.8, 4) is 23.0 Å². The molecule has 10 nitrogen and oxygen atoms in total. The van der Waals surface area contributed by atoms with Crippen LogP contribution in [0.5, 0.6) is 23.0 Å². The van der Waals surface area contributed by atoms with E-state index in [0.29, 0.717) is 30.3 Å². The van der Waals surface area contributed by atoms with Crippen molar-refractivity contribution in [2.75, 3.05) is 33.3 Å². The molecule has 0 amide bonds. The first-order valence-electron chi connectivity index (χ1n) is 13.4. The van der Waals surface area contributed by atoms with Gasteiger partial charge in [-0.05, 0) is 49.4 Å². The van der Waals surface area contributed by atoms with Crippen molar-refractivity contribution in [3.63, 3.8) is 0 Å². The van der Waals surface area contributed by atoms with Gasteiger partial charge in [-0.3, -0.25) is 0 Å². The zero-order chi connectivity index (χ0) is 28.1. The summed E-state index contributed by atoms with van der Waals surface area (Å²) in [6, 6.07) is 11.8. The lowest BCUT2D eigenvalue weighted by atomic mass is 9.86. The molecule has 0 bridgehead atoms. The Hall–Kier alpha value is -4.34. The van der Waals surface area contributed by atoms with Gasteiger partial charge >= 0.3 is 0 Å². The van der Waals surface area contributed by atoms with Crippen molar-refractivity contribution in [2.24, 2.45) is 5.92 Å². The number of nitrogens with zero attached hydrogens (tertiary/aromatic N) is 6. The second-order valence-electron chi connectivity index (χ2n) is 9.93. The molecule has 1 fully saturated rings. The number of hydrogen-bond acceptors (Lipinski definition) is 9. The van der Waals surface area contributed by atoms with Gasteiger partial charge in [0.25, 0.3) is 0 Å². The Labute approximate surface area is 234 Å². The third-order valence-electron chi connectivity index (χ3n) is 7.62. The van der Waals surface area contributed by atoms with Gasteiger partial charge in [0.1, 0.15) is 29.3 Å². The molecule has 10 heteroatoms. The van der Waals surface area contributed by atoms with E-state index in [0.717, 1.165) is 65.5 Å². The maximum absolute atomic E-state index is 5.72. The average Bonchev–Trinajstić information content (AvgIpc) is 3.45. The van der Waals surface area contributed by atoms with Crippen LogP contribution in [0.15, 0.2) is 55.4 Å². The van der Waals surface area contributed by atoms with Crippen molar-refractivity contribution in [1.82, 2.24) is 25.0 Å². The zero-order valence-electron chi connectivity index (χ0n) is 23.5. The van der Waals surface area contributed by atoms with Crippen molar-refractivity contribution in [2.45, 2.75) is 44.8 Å². The Balaban J connectivity index is 1.57. The lowest BCUT2D eigenvalue weighted by Crippen LogP contribution is -2.24. The number of aromatic nitrogens is 5. The Kier molecular flexibility index (Phi) is 8.33. The van der Waals surface area contributed by atoms with Gasteiger partial charge in [0.05, 0.1) is 34.5 Å². The molecule has 1 aliphatic carbocycles. The minimum atomic E-state index is 0.223. The summed E-state index contributed by atoms with van der Waals surface area (Å²) in [5, 5.41) is 9.19. The fourth-order valence-corrected chi connectivity index (χ4v) is 5.45. The number of ether oxygens (including phenoxy) is 4. The van der Waals surface area contributed by atoms with Gasteiger partial charge < -0.3 is 23.8 Å². The minimum absolute atomic E-state index is 0.223. The molecule has 2 aromatic heterocycles. The number of hydrogen-bond donors (Lipinski definition) is 0. The first-order chi connectivity index (χ1) is 19.6. The topological polar surface area (TPSA) is 96.7 Å². The van der Waals surface area contributed by atoms with Crippen LogP contribution in [-0.2, 0) is 13.1 Å². The molecule has 2 aromatic carbocycles. The summed E-state index contributed by atoms with van der Waals surface area (Å²) in [6.07, 6.45) is 7.96. The smallest absolute Gasteiger partial charge is 0.184 e. The molecular weight excluding hydrogens is 508 g/mol. The fraction of sp³-hybridized carbons (Fsp3) is 0.400. The van der Waals surface area contributed by atoms with Crippen LogP contribution in [0.3, 0.4) is 0 Å². The molecule has 1 saturated carbocycles. The van der Waals surface area contributed by atoms with E-state index >= 15 is 0 Å². The highest BCUT2D eigenvalue weighted by Gasteiger charge is 2.27. The highest BCUT2D eigenvalue weighted by Crippen LogP contribution is 2.36. The highest BCUT2D eigenvalue weighted by atomic mass is 16.5. The van der Waals surface area contributed by atoms with E-state index in [1.54, 1.807) is 34.8 Å². The van der Waals surface area contributed by atoms with E-state index in [4.69, 9.17) is 23.9 Å². The maximum atomic E-state index is 5.72. The molecule has 40 heavy (non-hydrogen) atoms. The van der Waals surface area contributed by atoms with Crippen molar-refractivity contribution < 1.29 is 18.9 Å². The number of benzene rings is 2. The predicted molar refractivity (Wildman–Crippen MR) is 153 cm³/mol. The summed E-state index contributed by atoms with van der Waals surface area (Å²) in [6.45, 7) is 4.99. The van der Waals surface area contributed by atoms with Gasteiger partial charge in [-0.25, -0.2) is 14.6 Å². The molecule has 0 radical (unpaired) electrons. The van der Waals surface area contributed by atoms with Crippen molar-refractivity contribution >= 4 is 17.0 Å². The van der Waals surface area contributed by atoms with Crippen LogP contribution in [0.2, 0.25) is 0 Å². The number of methoxy groups -OCH3 is 4. The summed E-state index contributed by atoms with van der Waals surface area (Å²) >= 11 is 0. The second-order valence-corrected chi connectivity index (χ2v) is 9.93. The standard InChI is InChI=1S/C30H36N6O4/c1-6-20-8-7-9-23(14-20)36-30-28(33-34-36)29(31-19-32-30)35(17-21-10-12-24(37-2)15-26(21)39-4)18-22-11-13-25(38-3)16-27(22)40-5/h6,10-13,15-16,19-20,23H,1,7-9,14,17-18H2,2-5H3. The zero-order valence-corrected chi connectivity index (χ0v) is 23.5. The molecular formula is C30H36N6O4. The van der Waals surface area contributed by atoms with Crippen LogP contribution in [0, 0.1) is 5.92 Å². The minimum Gasteiger partial charge on any atom is -0.497 e. The molecule has 2 unspecified atom stereocenters. The van der Waals surface area contributed by atoms with Crippen molar-refractivity contribution in [1.29, 1.82) is 0 Å². The molecule has 5 rings (SSSR count). The number of anilines is 1. The average molecular weight is 545 g/mol. The van der Waals surface area contributed by atoms with Gasteiger partial charge in [0, 0.05) is 36.3 Å². The van der Waals surface area contributed by atoms with E-state index in [2.05, 4.69) is 32.9 Å². The van der Waals surface area contributed by atoms with Crippen LogP contribution >= 0.6 is 0 Å². The van der Waals surface area contributed by atoms with Crippen LogP contribution < -0.4 is 23.8 Å². The molecule has 0 aliphatic heterocycles. The Morgan fingerprint density at radius 1 is 0.900 bits per heavy atom. The lowest BCUT2D eigenvalue weighted by molar-refractivity contribution is 0.286. The monoisotopic (exact) mass is 544 g/mol. The molecule has 2 atom stereocenters. The first kappa shape index (κ1) is 27.2. The van der Waals surface area contributed by atoms with Gasteiger partial charge in [-0.2, -0.15) is 0 Å². The fourth-order valence-electron chi connectivity index (χ4n) is 5.45. The number of fused-ring (bicyclic) bond motifs is 1. The molecule has 2 heterocycles. The van der Waals surface area contributed by atoms with E-state index in [9.17, 15) is 0 Å². The highest BCUT2D eigenvalue weighted by molar-refractivity contribution is 5.82. The maximum Gasteiger partial charge on any atom is 0.184 e. The summed E-state index contributed by atoms with van der Waals surface area (Å²) in [5.41, 5.74) is 3.32. The Morgan fingerprint density at radius 2 is 1.55 bits per heavy atom. The summed E-state index contributed by atoms with van der Waals surface area (Å²) in [5.74, 6) is 4.04. The molecule has 0 saturated heterocycles. The summed E-state index contributed by atoms with van der Waals surface area (Å²) < 4.78 is 24.2. The van der Waals surface area contributed by atoms with Crippen LogP contribution in [0.25, 0.3) is 11.2 Å². The lowest BCUT2D eigenvalue weighted by Gasteiger charge is -2.27. The third-order valence-corrected chi connectivity index (χ3v) is 7.62. The van der Waals surface area contributed by atoms with Crippen LogP contribution in [-0.4, -0.2) is 53.4 Å². The summed E-state index contributed by atoms with van der Waals surface area (Å²) in [4.78, 5) is 11.5. The van der Waals surface area contributed by atoms with Gasteiger partial charge in [-0.15, -0.1) is 11.7 Å². The van der Waals surface area contributed by atoms with E-state index < -0.39 is 0 Å². The number of rotatable bonds is 11.